The monoisotopic (exact) mass is 257 g/mol. The van der Waals surface area contributed by atoms with Gasteiger partial charge in [0.2, 0.25) is 11.8 Å². The number of benzene rings is 1. The van der Waals surface area contributed by atoms with Gasteiger partial charge in [-0.1, -0.05) is 19.1 Å². The molecule has 1 aromatic carbocycles. The molecule has 0 aliphatic carbocycles. The smallest absolute Gasteiger partial charge is 0.226 e. The number of nitrogens with one attached hydrogen (secondary N) is 1. The molecule has 0 saturated carbocycles. The summed E-state index contributed by atoms with van der Waals surface area (Å²) in [5.41, 5.74) is 2.17. The fraction of sp³-hybridized carbons (Fsp3) is 0.333. The molecule has 0 amide bonds. The molecule has 1 aromatic heterocycles. The number of hydrogen-bond acceptors (Lipinski definition) is 4. The Morgan fingerprint density at radius 2 is 1.84 bits per heavy atom. The first-order chi connectivity index (χ1) is 9.21. The maximum Gasteiger partial charge on any atom is 0.226 e. The third kappa shape index (κ3) is 3.68. The van der Waals surface area contributed by atoms with Gasteiger partial charge < -0.3 is 10.1 Å². The summed E-state index contributed by atoms with van der Waals surface area (Å²) < 4.78 is 5.75. The number of aromatic nitrogens is 2. The second-order valence-electron chi connectivity index (χ2n) is 4.30. The van der Waals surface area contributed by atoms with Crippen LogP contribution in [0.25, 0.3) is 0 Å². The van der Waals surface area contributed by atoms with Gasteiger partial charge in [-0.15, -0.1) is 0 Å². The van der Waals surface area contributed by atoms with Crippen molar-refractivity contribution in [3.05, 3.63) is 41.6 Å². The van der Waals surface area contributed by atoms with Gasteiger partial charge in [0.15, 0.2) is 0 Å². The zero-order valence-corrected chi connectivity index (χ0v) is 11.6. The lowest BCUT2D eigenvalue weighted by Gasteiger charge is -2.08. The summed E-state index contributed by atoms with van der Waals surface area (Å²) >= 11 is 0. The predicted octanol–water partition coefficient (Wildman–Crippen LogP) is 3.57. The molecule has 1 heterocycles. The van der Waals surface area contributed by atoms with E-state index in [1.54, 1.807) is 0 Å². The van der Waals surface area contributed by atoms with Crippen LogP contribution in [0.4, 0.5) is 5.95 Å². The molecule has 0 bridgehead atoms. The van der Waals surface area contributed by atoms with Gasteiger partial charge in [0.1, 0.15) is 5.75 Å². The predicted molar refractivity (Wildman–Crippen MR) is 76.8 cm³/mol. The Kier molecular flexibility index (Phi) is 4.34. The molecule has 0 aliphatic rings. The van der Waals surface area contributed by atoms with Crippen molar-refractivity contribution in [2.75, 3.05) is 11.9 Å². The van der Waals surface area contributed by atoms with E-state index in [0.717, 1.165) is 24.4 Å². The topological polar surface area (TPSA) is 47.0 Å². The number of rotatable bonds is 5. The minimum absolute atomic E-state index is 0.563. The van der Waals surface area contributed by atoms with Crippen molar-refractivity contribution in [2.24, 2.45) is 0 Å². The summed E-state index contributed by atoms with van der Waals surface area (Å²) in [6, 6.07) is 9.88. The standard InChI is InChI=1S/C15H19N3O/c1-4-12-6-8-13(9-7-12)19-14-10-11(3)17-15(18-14)16-5-2/h6-10H,4-5H2,1-3H3,(H,16,17,18). The van der Waals surface area contributed by atoms with Gasteiger partial charge in [0.05, 0.1) is 0 Å². The summed E-state index contributed by atoms with van der Waals surface area (Å²) in [5, 5.41) is 3.09. The zero-order chi connectivity index (χ0) is 13.7. The van der Waals surface area contributed by atoms with E-state index in [9.17, 15) is 0 Å². The quantitative estimate of drug-likeness (QED) is 0.889. The van der Waals surface area contributed by atoms with E-state index < -0.39 is 0 Å². The highest BCUT2D eigenvalue weighted by molar-refractivity contribution is 5.34. The van der Waals surface area contributed by atoms with Gasteiger partial charge in [-0.2, -0.15) is 4.98 Å². The second-order valence-corrected chi connectivity index (χ2v) is 4.30. The van der Waals surface area contributed by atoms with E-state index in [1.807, 2.05) is 32.0 Å². The molecule has 0 unspecified atom stereocenters. The summed E-state index contributed by atoms with van der Waals surface area (Å²) in [7, 11) is 0. The van der Waals surface area contributed by atoms with Crippen molar-refractivity contribution in [1.82, 2.24) is 9.97 Å². The number of ether oxygens (including phenoxy) is 1. The van der Waals surface area contributed by atoms with Crippen LogP contribution in [0.15, 0.2) is 30.3 Å². The highest BCUT2D eigenvalue weighted by Crippen LogP contribution is 2.21. The van der Waals surface area contributed by atoms with E-state index >= 15 is 0 Å². The number of anilines is 1. The number of aryl methyl sites for hydroxylation is 2. The van der Waals surface area contributed by atoms with Gasteiger partial charge >= 0.3 is 0 Å². The average molecular weight is 257 g/mol. The van der Waals surface area contributed by atoms with Gasteiger partial charge in [0.25, 0.3) is 0 Å². The van der Waals surface area contributed by atoms with Gasteiger partial charge in [-0.3, -0.25) is 0 Å². The maximum atomic E-state index is 5.75. The number of nitrogens with zero attached hydrogens (tertiary/aromatic N) is 2. The van der Waals surface area contributed by atoms with E-state index in [-0.39, 0.29) is 0 Å². The van der Waals surface area contributed by atoms with Crippen molar-refractivity contribution in [2.45, 2.75) is 27.2 Å². The molecule has 0 aliphatic heterocycles. The lowest BCUT2D eigenvalue weighted by atomic mass is 10.2. The molecule has 0 spiro atoms. The third-order valence-electron chi connectivity index (χ3n) is 2.72. The first-order valence-corrected chi connectivity index (χ1v) is 6.57. The van der Waals surface area contributed by atoms with Crippen LogP contribution in [0.1, 0.15) is 25.1 Å². The van der Waals surface area contributed by atoms with Crippen LogP contribution in [-0.2, 0) is 6.42 Å². The average Bonchev–Trinajstić information content (AvgIpc) is 2.39. The maximum absolute atomic E-state index is 5.75. The normalized spacial score (nSPS) is 10.3. The molecule has 0 saturated heterocycles. The second kappa shape index (κ2) is 6.18. The molecule has 0 fully saturated rings. The Bertz CT molecular complexity index is 538. The molecule has 100 valence electrons. The molecule has 4 nitrogen and oxygen atoms in total. The first-order valence-electron chi connectivity index (χ1n) is 6.57. The van der Waals surface area contributed by atoms with Crippen LogP contribution < -0.4 is 10.1 Å². The Balaban J connectivity index is 2.17. The SMILES string of the molecule is CCNc1nc(C)cc(Oc2ccc(CC)cc2)n1. The Morgan fingerprint density at radius 3 is 2.47 bits per heavy atom. The van der Waals surface area contributed by atoms with E-state index in [0.29, 0.717) is 11.8 Å². The van der Waals surface area contributed by atoms with E-state index in [4.69, 9.17) is 4.74 Å². The highest BCUT2D eigenvalue weighted by atomic mass is 16.5. The third-order valence-corrected chi connectivity index (χ3v) is 2.72. The highest BCUT2D eigenvalue weighted by Gasteiger charge is 2.04. The van der Waals surface area contributed by atoms with Crippen LogP contribution >= 0.6 is 0 Å². The summed E-state index contributed by atoms with van der Waals surface area (Å²) in [6.45, 7) is 6.85. The van der Waals surface area contributed by atoms with Crippen LogP contribution in [0, 0.1) is 6.92 Å². The fourth-order valence-corrected chi connectivity index (χ4v) is 1.74. The number of hydrogen-bond donors (Lipinski definition) is 1. The van der Waals surface area contributed by atoms with Crippen LogP contribution in [0.5, 0.6) is 11.6 Å². The Hall–Kier alpha value is -2.10. The molecule has 19 heavy (non-hydrogen) atoms. The molecule has 1 N–H and O–H groups in total. The van der Waals surface area contributed by atoms with E-state index in [2.05, 4.69) is 34.3 Å². The molecule has 2 rings (SSSR count). The van der Waals surface area contributed by atoms with Gasteiger partial charge in [-0.05, 0) is 38.0 Å². The fourth-order valence-electron chi connectivity index (χ4n) is 1.74. The van der Waals surface area contributed by atoms with Crippen molar-refractivity contribution in [3.63, 3.8) is 0 Å². The minimum atomic E-state index is 0.563. The van der Waals surface area contributed by atoms with Crippen molar-refractivity contribution < 1.29 is 4.74 Å². The van der Waals surface area contributed by atoms with Crippen LogP contribution in [0.3, 0.4) is 0 Å². The molecule has 4 heteroatoms. The van der Waals surface area contributed by atoms with Crippen molar-refractivity contribution in [1.29, 1.82) is 0 Å². The summed E-state index contributed by atoms with van der Waals surface area (Å²) in [6.07, 6.45) is 1.03. The minimum Gasteiger partial charge on any atom is -0.439 e. The first kappa shape index (κ1) is 13.3. The largest absolute Gasteiger partial charge is 0.439 e. The zero-order valence-electron chi connectivity index (χ0n) is 11.6. The molecule has 0 radical (unpaired) electrons. The molecular weight excluding hydrogens is 238 g/mol. The van der Waals surface area contributed by atoms with Crippen LogP contribution in [0.2, 0.25) is 0 Å². The lowest BCUT2D eigenvalue weighted by Crippen LogP contribution is -2.03. The molecule has 0 atom stereocenters. The van der Waals surface area contributed by atoms with Gasteiger partial charge in [0, 0.05) is 18.3 Å². The van der Waals surface area contributed by atoms with Crippen molar-refractivity contribution in [3.8, 4) is 11.6 Å². The Labute approximate surface area is 113 Å². The molecular formula is C15H19N3O. The van der Waals surface area contributed by atoms with Crippen LogP contribution in [-0.4, -0.2) is 16.5 Å². The van der Waals surface area contributed by atoms with E-state index in [1.165, 1.54) is 5.56 Å². The Morgan fingerprint density at radius 1 is 1.11 bits per heavy atom. The van der Waals surface area contributed by atoms with Gasteiger partial charge in [-0.25, -0.2) is 4.98 Å². The van der Waals surface area contributed by atoms with Crippen molar-refractivity contribution >= 4 is 5.95 Å². The molecule has 2 aromatic rings. The summed E-state index contributed by atoms with van der Waals surface area (Å²) in [5.74, 6) is 1.95. The lowest BCUT2D eigenvalue weighted by molar-refractivity contribution is 0.461. The summed E-state index contributed by atoms with van der Waals surface area (Å²) in [4.78, 5) is 8.61.